The van der Waals surface area contributed by atoms with Crippen molar-refractivity contribution in [2.24, 2.45) is 0 Å². The van der Waals surface area contributed by atoms with E-state index in [1.165, 1.54) is 102 Å². The molecule has 0 radical (unpaired) electrons. The first-order valence-electron chi connectivity index (χ1n) is 21.5. The van der Waals surface area contributed by atoms with Crippen LogP contribution in [0.15, 0.2) is 212 Å². The molecule has 3 nitrogen and oxygen atoms in total. The first kappa shape index (κ1) is 34.6. The molecule has 10 aromatic carbocycles. The Morgan fingerprint density at radius 2 is 0.937 bits per heavy atom. The number of benzene rings is 10. The van der Waals surface area contributed by atoms with E-state index in [-0.39, 0.29) is 0 Å². The molecule has 292 valence electrons. The summed E-state index contributed by atoms with van der Waals surface area (Å²) < 4.78 is 7.28. The maximum atomic E-state index is 5.55. The highest BCUT2D eigenvalue weighted by Crippen LogP contribution is 2.43. The van der Waals surface area contributed by atoms with Gasteiger partial charge in [0.15, 0.2) is 5.65 Å². The van der Waals surface area contributed by atoms with Crippen molar-refractivity contribution in [1.82, 2.24) is 14.0 Å². The molecular formula is C59H35N3S. The van der Waals surface area contributed by atoms with E-state index in [9.17, 15) is 0 Å². The van der Waals surface area contributed by atoms with Crippen LogP contribution in [0, 0.1) is 0 Å². The topological polar surface area (TPSA) is 22.2 Å². The van der Waals surface area contributed by atoms with Crippen molar-refractivity contribution >= 4 is 102 Å². The molecule has 0 aliphatic heterocycles. The Labute approximate surface area is 366 Å². The van der Waals surface area contributed by atoms with Gasteiger partial charge in [-0.25, -0.2) is 4.98 Å². The van der Waals surface area contributed by atoms with E-state index in [0.29, 0.717) is 0 Å². The summed E-state index contributed by atoms with van der Waals surface area (Å²) in [5.41, 5.74) is 13.8. The van der Waals surface area contributed by atoms with Crippen LogP contribution < -0.4 is 0 Å². The molecule has 0 N–H and O–H groups in total. The van der Waals surface area contributed by atoms with Gasteiger partial charge in [0, 0.05) is 37.3 Å². The minimum atomic E-state index is 1.01. The van der Waals surface area contributed by atoms with Gasteiger partial charge in [-0.15, -0.1) is 11.3 Å². The quantitative estimate of drug-likeness (QED) is 0.162. The molecule has 14 rings (SSSR count). The van der Waals surface area contributed by atoms with E-state index >= 15 is 0 Å². The molecule has 0 unspecified atom stereocenters. The molecule has 14 aromatic rings. The third kappa shape index (κ3) is 5.22. The van der Waals surface area contributed by atoms with E-state index < -0.39 is 0 Å². The normalized spacial score (nSPS) is 12.1. The van der Waals surface area contributed by atoms with Crippen molar-refractivity contribution in [1.29, 1.82) is 0 Å². The second-order valence-corrected chi connectivity index (χ2v) is 17.8. The molecule has 4 heterocycles. The van der Waals surface area contributed by atoms with Crippen molar-refractivity contribution in [3.8, 4) is 39.2 Å². The molecule has 0 saturated heterocycles. The third-order valence-electron chi connectivity index (χ3n) is 13.2. The molecule has 0 aliphatic carbocycles. The summed E-state index contributed by atoms with van der Waals surface area (Å²) in [4.78, 5) is 5.55. The molecule has 4 heteroatoms. The fourth-order valence-corrected chi connectivity index (χ4v) is 11.4. The van der Waals surface area contributed by atoms with Gasteiger partial charge in [0.1, 0.15) is 0 Å². The monoisotopic (exact) mass is 817 g/mol. The lowest BCUT2D eigenvalue weighted by molar-refractivity contribution is 1.18. The zero-order valence-electron chi connectivity index (χ0n) is 34.0. The summed E-state index contributed by atoms with van der Waals surface area (Å²) in [7, 11) is 0. The van der Waals surface area contributed by atoms with Gasteiger partial charge >= 0.3 is 0 Å². The molecule has 63 heavy (non-hydrogen) atoms. The van der Waals surface area contributed by atoms with Gasteiger partial charge in [0.05, 0.1) is 32.5 Å². The van der Waals surface area contributed by atoms with Gasteiger partial charge in [0.2, 0.25) is 0 Å². The summed E-state index contributed by atoms with van der Waals surface area (Å²) in [6.07, 6.45) is 0. The molecule has 0 bridgehead atoms. The molecule has 0 aliphatic rings. The zero-order chi connectivity index (χ0) is 41.2. The van der Waals surface area contributed by atoms with Crippen LogP contribution in [0.1, 0.15) is 0 Å². The summed E-state index contributed by atoms with van der Waals surface area (Å²) in [5.74, 6) is 0. The molecule has 0 atom stereocenters. The van der Waals surface area contributed by atoms with Crippen LogP contribution in [-0.4, -0.2) is 14.0 Å². The summed E-state index contributed by atoms with van der Waals surface area (Å²) in [6.45, 7) is 0. The van der Waals surface area contributed by atoms with Crippen molar-refractivity contribution in [3.05, 3.63) is 212 Å². The van der Waals surface area contributed by atoms with Gasteiger partial charge in [-0.2, -0.15) is 0 Å². The number of thiophene rings is 1. The van der Waals surface area contributed by atoms with Crippen molar-refractivity contribution in [3.63, 3.8) is 0 Å². The number of pyridine rings is 1. The molecule has 0 amide bonds. The minimum absolute atomic E-state index is 1.01. The Hall–Kier alpha value is -8.05. The Morgan fingerprint density at radius 1 is 0.349 bits per heavy atom. The lowest BCUT2D eigenvalue weighted by Gasteiger charge is -2.11. The Bertz CT molecular complexity index is 4170. The standard InChI is InChI=1S/C59H35N3S/c1-2-14-46(15-3-1)61-52-17-9-8-16-47(52)48-28-26-44(33-55(48)61)38-20-18-36(19-21-38)37-22-24-39(25-23-37)54-35-51-50-32-42-12-6-7-13-43(42)34-56(50)63-58(51)59-60-57-49-31-41-11-5-4-10-40(41)30-45(49)27-29-53(57)62(54)59/h1-35H. The number of rotatable bonds is 4. The second kappa shape index (κ2) is 13.2. The van der Waals surface area contributed by atoms with Gasteiger partial charge in [0.25, 0.3) is 0 Å². The van der Waals surface area contributed by atoms with Crippen LogP contribution in [-0.2, 0) is 0 Å². The number of hydrogen-bond donors (Lipinski definition) is 0. The first-order chi connectivity index (χ1) is 31.2. The third-order valence-corrected chi connectivity index (χ3v) is 14.4. The molecular weight excluding hydrogens is 783 g/mol. The van der Waals surface area contributed by atoms with E-state index in [1.807, 2.05) is 11.3 Å². The van der Waals surface area contributed by atoms with E-state index in [0.717, 1.165) is 27.9 Å². The molecule has 4 aromatic heterocycles. The molecule has 0 spiro atoms. The molecule has 0 fully saturated rings. The molecule has 0 saturated carbocycles. The van der Waals surface area contributed by atoms with Crippen molar-refractivity contribution in [2.45, 2.75) is 0 Å². The average molecular weight is 818 g/mol. The number of fused-ring (bicyclic) bond motifs is 14. The predicted octanol–water partition coefficient (Wildman–Crippen LogP) is 16.4. The van der Waals surface area contributed by atoms with Crippen LogP contribution in [0.5, 0.6) is 0 Å². The smallest absolute Gasteiger partial charge is 0.156 e. The zero-order valence-corrected chi connectivity index (χ0v) is 34.8. The van der Waals surface area contributed by atoms with Crippen LogP contribution >= 0.6 is 11.3 Å². The average Bonchev–Trinajstić information content (AvgIpc) is 4.02. The van der Waals surface area contributed by atoms with Gasteiger partial charge in [-0.3, -0.25) is 4.40 Å². The highest BCUT2D eigenvalue weighted by molar-refractivity contribution is 7.26. The van der Waals surface area contributed by atoms with E-state index in [4.69, 9.17) is 4.98 Å². The number of nitrogens with zero attached hydrogens (tertiary/aromatic N) is 3. The van der Waals surface area contributed by atoms with Crippen LogP contribution in [0.3, 0.4) is 0 Å². The highest BCUT2D eigenvalue weighted by Gasteiger charge is 2.20. The Balaban J connectivity index is 0.896. The number of para-hydroxylation sites is 2. The summed E-state index contributed by atoms with van der Waals surface area (Å²) in [5, 5.41) is 12.4. The number of hydrogen-bond acceptors (Lipinski definition) is 2. The maximum Gasteiger partial charge on any atom is 0.156 e. The van der Waals surface area contributed by atoms with Crippen LogP contribution in [0.25, 0.3) is 130 Å². The van der Waals surface area contributed by atoms with Crippen LogP contribution in [0.2, 0.25) is 0 Å². The largest absolute Gasteiger partial charge is 0.309 e. The number of aromatic nitrogens is 3. The van der Waals surface area contributed by atoms with Gasteiger partial charge in [-0.1, -0.05) is 152 Å². The van der Waals surface area contributed by atoms with Gasteiger partial charge in [-0.05, 0) is 115 Å². The highest BCUT2D eigenvalue weighted by atomic mass is 32.1. The predicted molar refractivity (Wildman–Crippen MR) is 269 cm³/mol. The minimum Gasteiger partial charge on any atom is -0.309 e. The second-order valence-electron chi connectivity index (χ2n) is 16.8. The van der Waals surface area contributed by atoms with E-state index in [1.54, 1.807) is 0 Å². The summed E-state index contributed by atoms with van der Waals surface area (Å²) >= 11 is 1.85. The van der Waals surface area contributed by atoms with Crippen molar-refractivity contribution in [2.75, 3.05) is 0 Å². The summed E-state index contributed by atoms with van der Waals surface area (Å²) in [6, 6.07) is 77.9. The fourth-order valence-electron chi connectivity index (χ4n) is 10.2. The van der Waals surface area contributed by atoms with E-state index in [2.05, 4.69) is 221 Å². The fraction of sp³-hybridized carbons (Fsp3) is 0. The number of imidazole rings is 1. The first-order valence-corrected chi connectivity index (χ1v) is 22.3. The SMILES string of the molecule is c1ccc(-n2c3ccccc3c3ccc(-c4ccc(-c5ccc(-c6cc7c8cc9ccccc9cc8sc7c7nc8c9cc%10ccccc%10cc9ccc8n67)cc5)cc4)cc32)cc1. The lowest BCUT2D eigenvalue weighted by atomic mass is 9.98. The lowest BCUT2D eigenvalue weighted by Crippen LogP contribution is -1.93. The van der Waals surface area contributed by atoms with Gasteiger partial charge < -0.3 is 4.57 Å². The Kier molecular flexibility index (Phi) is 7.27. The van der Waals surface area contributed by atoms with Crippen LogP contribution in [0.4, 0.5) is 0 Å². The van der Waals surface area contributed by atoms with Crippen molar-refractivity contribution < 1.29 is 0 Å². The maximum absolute atomic E-state index is 5.55. The Morgan fingerprint density at radius 3 is 1.68 bits per heavy atom.